The van der Waals surface area contributed by atoms with E-state index in [1.165, 1.54) is 15.9 Å². The maximum Gasteiger partial charge on any atom is 0.414 e. The largest absolute Gasteiger partial charge is 0.492 e. The topological polar surface area (TPSA) is 118 Å². The van der Waals surface area contributed by atoms with Crippen LogP contribution in [0.15, 0.2) is 42.7 Å². The molecule has 0 saturated carbocycles. The normalized spacial score (nSPS) is 12.2. The summed E-state index contributed by atoms with van der Waals surface area (Å²) in [6.07, 6.45) is 2.62. The average Bonchev–Trinajstić information content (AvgIpc) is 2.84. The number of aromatic nitrogens is 1. The molecule has 0 aliphatic rings. The summed E-state index contributed by atoms with van der Waals surface area (Å²) >= 11 is 6.32. The van der Waals surface area contributed by atoms with Crippen molar-refractivity contribution in [2.24, 2.45) is 5.41 Å². The van der Waals surface area contributed by atoms with E-state index in [1.807, 2.05) is 34.6 Å². The molecule has 0 aliphatic heterocycles. The van der Waals surface area contributed by atoms with Gasteiger partial charge in [-0.15, -0.1) is 0 Å². The summed E-state index contributed by atoms with van der Waals surface area (Å²) in [5, 5.41) is 0.284. The van der Waals surface area contributed by atoms with Crippen LogP contribution in [0.25, 0.3) is 0 Å². The van der Waals surface area contributed by atoms with Gasteiger partial charge in [0.25, 0.3) is 5.91 Å². The van der Waals surface area contributed by atoms with Gasteiger partial charge in [-0.05, 0) is 70.4 Å². The molecule has 1 N–H and O–H groups in total. The third kappa shape index (κ3) is 12.2. The predicted molar refractivity (Wildman–Crippen MR) is 162 cm³/mol. The Morgan fingerprint density at radius 1 is 1.02 bits per heavy atom. The Hall–Kier alpha value is -2.89. The van der Waals surface area contributed by atoms with Crippen LogP contribution in [0.4, 0.5) is 10.5 Å². The SMILES string of the molecule is CC(C)N(CCS(=O)(=O)NCC(C)(C)C)C(=O)c1cc(Cl)cc(OCCN(C(=O)OC(C)(C)C)c2ccncc2)c1. The zero-order valence-electron chi connectivity index (χ0n) is 25.2. The molecule has 0 radical (unpaired) electrons. The molecule has 228 valence electrons. The second kappa shape index (κ2) is 14.3. The van der Waals surface area contributed by atoms with Crippen LogP contribution in [0, 0.1) is 5.41 Å². The molecule has 1 aromatic heterocycles. The molecule has 41 heavy (non-hydrogen) atoms. The molecule has 2 rings (SSSR count). The van der Waals surface area contributed by atoms with Crippen LogP contribution in [0.2, 0.25) is 5.02 Å². The summed E-state index contributed by atoms with van der Waals surface area (Å²) < 4.78 is 39.1. The van der Waals surface area contributed by atoms with Crippen LogP contribution >= 0.6 is 11.6 Å². The van der Waals surface area contributed by atoms with E-state index in [-0.39, 0.29) is 53.4 Å². The van der Waals surface area contributed by atoms with Crippen molar-refractivity contribution < 1.29 is 27.5 Å². The first-order valence-corrected chi connectivity index (χ1v) is 15.5. The first kappa shape index (κ1) is 34.3. The fraction of sp³-hybridized carbons (Fsp3) is 0.552. The Morgan fingerprint density at radius 2 is 1.66 bits per heavy atom. The molecule has 10 nitrogen and oxygen atoms in total. The number of anilines is 1. The summed E-state index contributed by atoms with van der Waals surface area (Å²) in [7, 11) is -3.58. The molecule has 0 unspecified atom stereocenters. The summed E-state index contributed by atoms with van der Waals surface area (Å²) in [6, 6.07) is 7.77. The monoisotopic (exact) mass is 610 g/mol. The van der Waals surface area contributed by atoms with E-state index in [9.17, 15) is 18.0 Å². The number of pyridine rings is 1. The summed E-state index contributed by atoms with van der Waals surface area (Å²) in [6.45, 7) is 15.4. The lowest BCUT2D eigenvalue weighted by molar-refractivity contribution is 0.0574. The van der Waals surface area contributed by atoms with Crippen LogP contribution in [-0.2, 0) is 14.8 Å². The molecule has 1 aromatic carbocycles. The molecule has 12 heteroatoms. The van der Waals surface area contributed by atoms with Crippen molar-refractivity contribution in [3.63, 3.8) is 0 Å². The summed E-state index contributed by atoms with van der Waals surface area (Å²) in [4.78, 5) is 33.2. The number of rotatable bonds is 12. The molecule has 2 aromatic rings. The van der Waals surface area contributed by atoms with Gasteiger partial charge in [-0.3, -0.25) is 14.7 Å². The van der Waals surface area contributed by atoms with Gasteiger partial charge in [0.2, 0.25) is 10.0 Å². The first-order chi connectivity index (χ1) is 18.9. The van der Waals surface area contributed by atoms with Gasteiger partial charge in [-0.25, -0.2) is 17.9 Å². The Morgan fingerprint density at radius 3 is 2.22 bits per heavy atom. The van der Waals surface area contributed by atoms with Crippen molar-refractivity contribution >= 4 is 39.3 Å². The van der Waals surface area contributed by atoms with Crippen LogP contribution in [0.1, 0.15) is 65.7 Å². The lowest BCUT2D eigenvalue weighted by Crippen LogP contribution is -2.43. The highest BCUT2D eigenvalue weighted by Gasteiger charge is 2.25. The van der Waals surface area contributed by atoms with Crippen LogP contribution in [0.3, 0.4) is 0 Å². The fourth-order valence-electron chi connectivity index (χ4n) is 3.57. The lowest BCUT2D eigenvalue weighted by Gasteiger charge is -2.28. The molecule has 0 spiro atoms. The number of halogens is 1. The van der Waals surface area contributed by atoms with Crippen molar-refractivity contribution in [2.45, 2.75) is 67.0 Å². The van der Waals surface area contributed by atoms with E-state index in [4.69, 9.17) is 21.1 Å². The van der Waals surface area contributed by atoms with Gasteiger partial charge in [0.1, 0.15) is 18.0 Å². The quantitative estimate of drug-likeness (QED) is 0.343. The number of carbonyl (C=O) groups is 2. The Bertz CT molecular complexity index is 1270. The van der Waals surface area contributed by atoms with Gasteiger partial charge < -0.3 is 14.4 Å². The number of benzene rings is 1. The third-order valence-electron chi connectivity index (χ3n) is 5.60. The number of hydrogen-bond donors (Lipinski definition) is 1. The van der Waals surface area contributed by atoms with E-state index in [1.54, 1.807) is 57.4 Å². The Labute approximate surface area is 249 Å². The third-order valence-corrected chi connectivity index (χ3v) is 7.12. The fourth-order valence-corrected chi connectivity index (χ4v) is 5.03. The molecule has 0 fully saturated rings. The Balaban J connectivity index is 2.14. The number of ether oxygens (including phenoxy) is 2. The van der Waals surface area contributed by atoms with E-state index in [0.29, 0.717) is 18.0 Å². The van der Waals surface area contributed by atoms with Crippen molar-refractivity contribution in [3.05, 3.63) is 53.3 Å². The van der Waals surface area contributed by atoms with Crippen LogP contribution < -0.4 is 14.4 Å². The second-order valence-electron chi connectivity index (χ2n) is 12.2. The van der Waals surface area contributed by atoms with E-state index in [2.05, 4.69) is 9.71 Å². The minimum atomic E-state index is -3.58. The van der Waals surface area contributed by atoms with Gasteiger partial charge in [0.05, 0.1) is 18.0 Å². The highest BCUT2D eigenvalue weighted by atomic mass is 35.5. The Kier molecular flexibility index (Phi) is 12.0. The minimum absolute atomic E-state index is 0.00939. The van der Waals surface area contributed by atoms with Crippen LogP contribution in [0.5, 0.6) is 5.75 Å². The molecule has 0 bridgehead atoms. The minimum Gasteiger partial charge on any atom is -0.492 e. The number of hydrogen-bond acceptors (Lipinski definition) is 7. The standard InChI is InChI=1S/C29H43ClN4O6S/c1-21(2)33(14-16-41(37,38)32-20-28(3,4)5)26(35)22-17-23(30)19-25(18-22)39-15-13-34(24-9-11-31-12-10-24)27(36)40-29(6,7)8/h9-12,17-19,21,32H,13-16,20H2,1-8H3. The average molecular weight is 611 g/mol. The van der Waals surface area contributed by atoms with E-state index >= 15 is 0 Å². The molecule has 1 heterocycles. The van der Waals surface area contributed by atoms with Gasteiger partial charge >= 0.3 is 6.09 Å². The van der Waals surface area contributed by atoms with E-state index in [0.717, 1.165) is 0 Å². The number of amides is 2. The highest BCUT2D eigenvalue weighted by molar-refractivity contribution is 7.89. The van der Waals surface area contributed by atoms with E-state index < -0.39 is 21.7 Å². The zero-order chi connectivity index (χ0) is 31.0. The number of carbonyl (C=O) groups excluding carboxylic acids is 2. The second-order valence-corrected chi connectivity index (χ2v) is 14.5. The molecular formula is C29H43ClN4O6S. The maximum absolute atomic E-state index is 13.4. The van der Waals surface area contributed by atoms with Gasteiger partial charge in [-0.2, -0.15) is 0 Å². The van der Waals surface area contributed by atoms with Gasteiger partial charge in [0.15, 0.2) is 0 Å². The number of nitrogens with one attached hydrogen (secondary N) is 1. The first-order valence-electron chi connectivity index (χ1n) is 13.5. The van der Waals surface area contributed by atoms with Crippen LogP contribution in [-0.4, -0.2) is 73.9 Å². The zero-order valence-corrected chi connectivity index (χ0v) is 26.8. The van der Waals surface area contributed by atoms with Gasteiger partial charge in [0, 0.05) is 42.1 Å². The molecular weight excluding hydrogens is 568 g/mol. The summed E-state index contributed by atoms with van der Waals surface area (Å²) in [5.41, 5.74) is -0.0332. The maximum atomic E-state index is 13.4. The van der Waals surface area contributed by atoms with Crippen molar-refractivity contribution in [1.82, 2.24) is 14.6 Å². The molecule has 0 atom stereocenters. The van der Waals surface area contributed by atoms with Crippen molar-refractivity contribution in [2.75, 3.05) is 36.9 Å². The smallest absolute Gasteiger partial charge is 0.414 e. The number of nitrogens with zero attached hydrogens (tertiary/aromatic N) is 3. The highest BCUT2D eigenvalue weighted by Crippen LogP contribution is 2.24. The van der Waals surface area contributed by atoms with Gasteiger partial charge in [-0.1, -0.05) is 32.4 Å². The molecule has 0 aliphatic carbocycles. The predicted octanol–water partition coefficient (Wildman–Crippen LogP) is 5.37. The molecule has 2 amide bonds. The number of sulfonamides is 1. The lowest BCUT2D eigenvalue weighted by atomic mass is 9.98. The van der Waals surface area contributed by atoms with Crippen molar-refractivity contribution in [3.8, 4) is 5.75 Å². The van der Waals surface area contributed by atoms with Crippen molar-refractivity contribution in [1.29, 1.82) is 0 Å². The molecule has 0 saturated heterocycles. The summed E-state index contributed by atoms with van der Waals surface area (Å²) in [5.74, 6) is -0.264.